The Labute approximate surface area is 150 Å². The van der Waals surface area contributed by atoms with Gasteiger partial charge < -0.3 is 0 Å². The Bertz CT molecular complexity index is 843. The van der Waals surface area contributed by atoms with E-state index >= 15 is 0 Å². The maximum atomic E-state index is 4.89. The van der Waals surface area contributed by atoms with Crippen LogP contribution in [0.5, 0.6) is 0 Å². The van der Waals surface area contributed by atoms with Gasteiger partial charge in [-0.05, 0) is 53.9 Å². The van der Waals surface area contributed by atoms with Crippen LogP contribution in [-0.4, -0.2) is 32.6 Å². The maximum absolute atomic E-state index is 4.89. The van der Waals surface area contributed by atoms with E-state index in [9.17, 15) is 0 Å². The molecule has 1 aromatic carbocycles. The Balaban J connectivity index is 1.54. The van der Waals surface area contributed by atoms with Crippen molar-refractivity contribution in [3.05, 3.63) is 64.0 Å². The standard InChI is InChI=1S/C19H21BrN4/c1-14-18(20)19-21-17(9-11-24(19)22-14)16-8-5-10-23(13-16)12-15-6-3-2-4-7-15/h2-4,6-7,9,11,16H,5,8,10,12-13H2,1H3. The zero-order chi connectivity index (χ0) is 16.5. The molecule has 4 rings (SSSR count). The number of nitrogens with zero attached hydrogens (tertiary/aromatic N) is 4. The molecule has 2 aromatic heterocycles. The van der Waals surface area contributed by atoms with Crippen LogP contribution in [0, 0.1) is 6.92 Å². The van der Waals surface area contributed by atoms with Gasteiger partial charge in [0.1, 0.15) is 0 Å². The number of aryl methyl sites for hydroxylation is 1. The molecule has 1 aliphatic heterocycles. The van der Waals surface area contributed by atoms with Crippen molar-refractivity contribution < 1.29 is 0 Å². The Hall–Kier alpha value is -1.72. The zero-order valence-electron chi connectivity index (χ0n) is 13.8. The number of aromatic nitrogens is 3. The van der Waals surface area contributed by atoms with Crippen molar-refractivity contribution in [1.29, 1.82) is 0 Å². The van der Waals surface area contributed by atoms with Gasteiger partial charge in [-0.3, -0.25) is 4.90 Å². The van der Waals surface area contributed by atoms with Gasteiger partial charge in [0.25, 0.3) is 0 Å². The fourth-order valence-corrected chi connectivity index (χ4v) is 3.89. The molecule has 0 aliphatic carbocycles. The van der Waals surface area contributed by atoms with Crippen LogP contribution in [0.3, 0.4) is 0 Å². The summed E-state index contributed by atoms with van der Waals surface area (Å²) in [5.41, 5.74) is 4.47. The van der Waals surface area contributed by atoms with Crippen molar-refractivity contribution in [1.82, 2.24) is 19.5 Å². The summed E-state index contributed by atoms with van der Waals surface area (Å²) in [5.74, 6) is 0.495. The van der Waals surface area contributed by atoms with Gasteiger partial charge in [-0.2, -0.15) is 5.10 Å². The third kappa shape index (κ3) is 3.10. The number of hydrogen-bond donors (Lipinski definition) is 0. The Morgan fingerprint density at radius 3 is 2.88 bits per heavy atom. The number of likely N-dealkylation sites (tertiary alicyclic amines) is 1. The molecule has 1 aliphatic rings. The minimum atomic E-state index is 0.495. The zero-order valence-corrected chi connectivity index (χ0v) is 15.4. The second-order valence-electron chi connectivity index (χ2n) is 6.58. The molecule has 5 heteroatoms. The van der Waals surface area contributed by atoms with E-state index in [1.165, 1.54) is 30.6 Å². The first-order valence-corrected chi connectivity index (χ1v) is 9.27. The average Bonchev–Trinajstić information content (AvgIpc) is 2.90. The highest BCUT2D eigenvalue weighted by Gasteiger charge is 2.23. The molecule has 0 saturated carbocycles. The third-order valence-corrected chi connectivity index (χ3v) is 5.71. The van der Waals surface area contributed by atoms with Crippen LogP contribution in [0.25, 0.3) is 5.65 Å². The van der Waals surface area contributed by atoms with E-state index in [2.05, 4.69) is 62.3 Å². The van der Waals surface area contributed by atoms with Crippen molar-refractivity contribution in [3.63, 3.8) is 0 Å². The minimum absolute atomic E-state index is 0.495. The van der Waals surface area contributed by atoms with E-state index in [-0.39, 0.29) is 0 Å². The Morgan fingerprint density at radius 1 is 1.21 bits per heavy atom. The highest BCUT2D eigenvalue weighted by molar-refractivity contribution is 9.10. The molecule has 1 unspecified atom stereocenters. The topological polar surface area (TPSA) is 33.4 Å². The largest absolute Gasteiger partial charge is 0.298 e. The SMILES string of the molecule is Cc1nn2ccc(C3CCCN(Cc4ccccc4)C3)nc2c1Br. The van der Waals surface area contributed by atoms with Crippen molar-refractivity contribution in [2.75, 3.05) is 13.1 Å². The second-order valence-corrected chi connectivity index (χ2v) is 7.37. The lowest BCUT2D eigenvalue weighted by Gasteiger charge is -2.32. The molecule has 4 nitrogen and oxygen atoms in total. The molecule has 0 N–H and O–H groups in total. The quantitative estimate of drug-likeness (QED) is 0.678. The summed E-state index contributed by atoms with van der Waals surface area (Å²) in [4.78, 5) is 7.44. The molecule has 0 amide bonds. The summed E-state index contributed by atoms with van der Waals surface area (Å²) in [6.45, 7) is 5.27. The van der Waals surface area contributed by atoms with Crippen LogP contribution in [0.1, 0.15) is 35.7 Å². The summed E-state index contributed by atoms with van der Waals surface area (Å²) in [6, 6.07) is 12.9. The summed E-state index contributed by atoms with van der Waals surface area (Å²) >= 11 is 3.61. The van der Waals surface area contributed by atoms with Gasteiger partial charge >= 0.3 is 0 Å². The highest BCUT2D eigenvalue weighted by Crippen LogP contribution is 2.28. The molecule has 1 fully saturated rings. The van der Waals surface area contributed by atoms with E-state index in [1.807, 2.05) is 17.6 Å². The van der Waals surface area contributed by atoms with Gasteiger partial charge in [0.05, 0.1) is 10.2 Å². The number of fused-ring (bicyclic) bond motifs is 1. The number of halogens is 1. The lowest BCUT2D eigenvalue weighted by atomic mass is 9.94. The summed E-state index contributed by atoms with van der Waals surface area (Å²) in [5, 5.41) is 4.47. The molecule has 0 radical (unpaired) electrons. The molecule has 124 valence electrons. The molecule has 0 spiro atoms. The van der Waals surface area contributed by atoms with E-state index in [4.69, 9.17) is 4.98 Å². The van der Waals surface area contributed by atoms with E-state index < -0.39 is 0 Å². The molecule has 1 saturated heterocycles. The number of benzene rings is 1. The van der Waals surface area contributed by atoms with Gasteiger partial charge in [0.2, 0.25) is 0 Å². The second kappa shape index (κ2) is 6.65. The predicted molar refractivity (Wildman–Crippen MR) is 99.1 cm³/mol. The van der Waals surface area contributed by atoms with Crippen molar-refractivity contribution in [2.45, 2.75) is 32.2 Å². The minimum Gasteiger partial charge on any atom is -0.298 e. The fourth-order valence-electron chi connectivity index (χ4n) is 3.54. The average molecular weight is 385 g/mol. The molecule has 24 heavy (non-hydrogen) atoms. The first-order chi connectivity index (χ1) is 11.7. The van der Waals surface area contributed by atoms with Crippen LogP contribution in [-0.2, 0) is 6.54 Å². The first-order valence-electron chi connectivity index (χ1n) is 8.48. The van der Waals surface area contributed by atoms with Crippen molar-refractivity contribution in [3.8, 4) is 0 Å². The molecule has 3 aromatic rings. The molecule has 1 atom stereocenters. The number of hydrogen-bond acceptors (Lipinski definition) is 3. The van der Waals surface area contributed by atoms with Crippen LogP contribution < -0.4 is 0 Å². The number of piperidine rings is 1. The molecular weight excluding hydrogens is 364 g/mol. The van der Waals surface area contributed by atoms with Crippen LogP contribution in [0.2, 0.25) is 0 Å². The van der Waals surface area contributed by atoms with Gasteiger partial charge in [-0.1, -0.05) is 30.3 Å². The normalized spacial score (nSPS) is 19.0. The molecular formula is C19H21BrN4. The van der Waals surface area contributed by atoms with Gasteiger partial charge in [0.15, 0.2) is 5.65 Å². The Morgan fingerprint density at radius 2 is 2.04 bits per heavy atom. The summed E-state index contributed by atoms with van der Waals surface area (Å²) in [6.07, 6.45) is 4.47. The third-order valence-electron chi connectivity index (χ3n) is 4.78. The predicted octanol–water partition coefficient (Wildman–Crippen LogP) is 4.18. The van der Waals surface area contributed by atoms with E-state index in [1.54, 1.807) is 0 Å². The van der Waals surface area contributed by atoms with Crippen LogP contribution >= 0.6 is 15.9 Å². The highest BCUT2D eigenvalue weighted by atomic mass is 79.9. The molecule has 3 heterocycles. The summed E-state index contributed by atoms with van der Waals surface area (Å²) in [7, 11) is 0. The smallest absolute Gasteiger partial charge is 0.169 e. The molecule has 0 bridgehead atoms. The lowest BCUT2D eigenvalue weighted by molar-refractivity contribution is 0.198. The van der Waals surface area contributed by atoms with Crippen molar-refractivity contribution >= 4 is 21.6 Å². The lowest BCUT2D eigenvalue weighted by Crippen LogP contribution is -2.34. The first kappa shape index (κ1) is 15.8. The maximum Gasteiger partial charge on any atom is 0.169 e. The van der Waals surface area contributed by atoms with Gasteiger partial charge in [0, 0.05) is 30.9 Å². The Kier molecular flexibility index (Phi) is 4.37. The van der Waals surface area contributed by atoms with Gasteiger partial charge in [-0.25, -0.2) is 9.50 Å². The fraction of sp³-hybridized carbons (Fsp3) is 0.368. The number of rotatable bonds is 3. The van der Waals surface area contributed by atoms with Crippen LogP contribution in [0.4, 0.5) is 0 Å². The summed E-state index contributed by atoms with van der Waals surface area (Å²) < 4.78 is 2.86. The monoisotopic (exact) mass is 384 g/mol. The van der Waals surface area contributed by atoms with Crippen molar-refractivity contribution in [2.24, 2.45) is 0 Å². The van der Waals surface area contributed by atoms with Crippen LogP contribution in [0.15, 0.2) is 47.1 Å². The van der Waals surface area contributed by atoms with E-state index in [0.717, 1.165) is 28.9 Å². The van der Waals surface area contributed by atoms with Gasteiger partial charge in [-0.15, -0.1) is 0 Å². The van der Waals surface area contributed by atoms with E-state index in [0.29, 0.717) is 5.92 Å².